The van der Waals surface area contributed by atoms with Gasteiger partial charge in [0.2, 0.25) is 0 Å². The third kappa shape index (κ3) is 1.33. The van der Waals surface area contributed by atoms with Crippen molar-refractivity contribution in [1.82, 2.24) is 0 Å². The molecule has 0 aliphatic carbocycles. The van der Waals surface area contributed by atoms with Crippen LogP contribution in [-0.4, -0.2) is 12.5 Å². The predicted octanol–water partition coefficient (Wildman–Crippen LogP) is 0.232. The second-order valence-electron chi connectivity index (χ2n) is 1.99. The average molecular weight is 119 g/mol. The molecule has 1 aromatic carbocycles. The first-order valence-electron chi connectivity index (χ1n) is 2.87. The molecule has 0 heterocycles. The van der Waals surface area contributed by atoms with Crippen LogP contribution in [0, 0.1) is 6.92 Å². The van der Waals surface area contributed by atoms with Gasteiger partial charge in [0.1, 0.15) is 0 Å². The molecule has 1 nitrogen and oxygen atoms in total. The van der Waals surface area contributed by atoms with Crippen molar-refractivity contribution in [2.75, 3.05) is 0 Å². The van der Waals surface area contributed by atoms with Crippen molar-refractivity contribution in [3.05, 3.63) is 29.8 Å². The monoisotopic (exact) mass is 119 g/mol. The van der Waals surface area contributed by atoms with Crippen LogP contribution >= 0.6 is 0 Å². The van der Waals surface area contributed by atoms with Crippen LogP contribution in [0.2, 0.25) is 0 Å². The van der Waals surface area contributed by atoms with E-state index >= 15 is 0 Å². The molecule has 0 bridgehead atoms. The van der Waals surface area contributed by atoms with Crippen molar-refractivity contribution in [1.29, 1.82) is 0 Å². The molecule has 1 N–H and O–H groups in total. The second-order valence-corrected chi connectivity index (χ2v) is 1.99. The second kappa shape index (κ2) is 2.69. The highest BCUT2D eigenvalue weighted by molar-refractivity contribution is 6.46. The largest absolute Gasteiger partial charge is 0.450 e. The van der Waals surface area contributed by atoms with E-state index in [1.54, 1.807) is 0 Å². The van der Waals surface area contributed by atoms with Crippen molar-refractivity contribution in [3.8, 4) is 0 Å². The molecular formula is C7H8BO. The fourth-order valence-corrected chi connectivity index (χ4v) is 0.732. The number of aryl methyl sites for hydroxylation is 1. The van der Waals surface area contributed by atoms with Gasteiger partial charge in [0.15, 0.2) is 0 Å². The van der Waals surface area contributed by atoms with E-state index in [9.17, 15) is 0 Å². The minimum atomic E-state index is 0.887. The van der Waals surface area contributed by atoms with Crippen molar-refractivity contribution >= 4 is 12.9 Å². The number of hydrogen-bond donors (Lipinski definition) is 1. The molecule has 45 valence electrons. The Bertz CT molecular complexity index is 198. The summed E-state index contributed by atoms with van der Waals surface area (Å²) in [6, 6.07) is 7.68. The fraction of sp³-hybridized carbons (Fsp3) is 0.143. The zero-order chi connectivity index (χ0) is 6.69. The lowest BCUT2D eigenvalue weighted by Gasteiger charge is -1.96. The normalized spacial score (nSPS) is 9.11. The Kier molecular flexibility index (Phi) is 1.90. The Morgan fingerprint density at radius 2 is 2.00 bits per heavy atom. The highest BCUT2D eigenvalue weighted by atomic mass is 16.2. The fourth-order valence-electron chi connectivity index (χ4n) is 0.732. The Morgan fingerprint density at radius 1 is 1.33 bits per heavy atom. The Balaban J connectivity index is 3.01. The standard InChI is InChI=1S/C7H8BO/c1-6-4-2-3-5-7(6)8-9/h2-5,9H,1H3. The first kappa shape index (κ1) is 6.37. The van der Waals surface area contributed by atoms with E-state index in [1.807, 2.05) is 31.2 Å². The first-order valence-corrected chi connectivity index (χ1v) is 2.87. The van der Waals surface area contributed by atoms with E-state index in [2.05, 4.69) is 0 Å². The third-order valence-corrected chi connectivity index (χ3v) is 1.33. The van der Waals surface area contributed by atoms with Gasteiger partial charge in [-0.15, -0.1) is 0 Å². The van der Waals surface area contributed by atoms with Gasteiger partial charge in [-0.25, -0.2) is 0 Å². The lowest BCUT2D eigenvalue weighted by molar-refractivity contribution is 0.615. The summed E-state index contributed by atoms with van der Waals surface area (Å²) in [5.74, 6) is 0. The van der Waals surface area contributed by atoms with E-state index in [4.69, 9.17) is 5.02 Å². The summed E-state index contributed by atoms with van der Waals surface area (Å²) in [5.41, 5.74) is 1.98. The first-order chi connectivity index (χ1) is 4.34. The summed E-state index contributed by atoms with van der Waals surface area (Å²) in [6.45, 7) is 1.96. The average Bonchev–Trinajstić information content (AvgIpc) is 1.89. The van der Waals surface area contributed by atoms with Gasteiger partial charge in [-0.1, -0.05) is 35.3 Å². The van der Waals surface area contributed by atoms with E-state index in [0.29, 0.717) is 0 Å². The Morgan fingerprint density at radius 3 is 2.44 bits per heavy atom. The van der Waals surface area contributed by atoms with Gasteiger partial charge in [-0.3, -0.25) is 0 Å². The number of rotatable bonds is 1. The third-order valence-electron chi connectivity index (χ3n) is 1.33. The number of hydrogen-bond acceptors (Lipinski definition) is 1. The van der Waals surface area contributed by atoms with Gasteiger partial charge in [0.05, 0.1) is 0 Å². The molecule has 0 saturated heterocycles. The lowest BCUT2D eigenvalue weighted by Crippen LogP contribution is -2.15. The molecule has 1 radical (unpaired) electrons. The zero-order valence-electron chi connectivity index (χ0n) is 5.33. The Hall–Kier alpha value is -0.755. The van der Waals surface area contributed by atoms with Crippen LogP contribution in [-0.2, 0) is 0 Å². The molecule has 0 fully saturated rings. The van der Waals surface area contributed by atoms with Gasteiger partial charge < -0.3 is 5.02 Å². The Labute approximate surface area is 55.6 Å². The molecule has 0 spiro atoms. The summed E-state index contributed by atoms with van der Waals surface area (Å²) < 4.78 is 0. The van der Waals surface area contributed by atoms with Crippen molar-refractivity contribution in [2.45, 2.75) is 6.92 Å². The van der Waals surface area contributed by atoms with E-state index in [0.717, 1.165) is 18.5 Å². The molecule has 1 rings (SSSR count). The van der Waals surface area contributed by atoms with Gasteiger partial charge in [-0.2, -0.15) is 0 Å². The van der Waals surface area contributed by atoms with Crippen molar-refractivity contribution in [2.24, 2.45) is 0 Å². The van der Waals surface area contributed by atoms with Crippen LogP contribution in [0.15, 0.2) is 24.3 Å². The van der Waals surface area contributed by atoms with Crippen LogP contribution in [0.25, 0.3) is 0 Å². The minimum Gasteiger partial charge on any atom is -0.450 e. The highest BCUT2D eigenvalue weighted by Gasteiger charge is 1.93. The maximum absolute atomic E-state index is 8.59. The minimum absolute atomic E-state index is 0.887. The molecule has 2 heteroatoms. The van der Waals surface area contributed by atoms with Gasteiger partial charge in [0, 0.05) is 0 Å². The topological polar surface area (TPSA) is 20.2 Å². The molecule has 0 aromatic heterocycles. The molecule has 0 atom stereocenters. The van der Waals surface area contributed by atoms with Gasteiger partial charge >= 0.3 is 7.48 Å². The van der Waals surface area contributed by atoms with Crippen LogP contribution in [0.4, 0.5) is 0 Å². The molecule has 9 heavy (non-hydrogen) atoms. The van der Waals surface area contributed by atoms with Crippen LogP contribution in [0.5, 0.6) is 0 Å². The van der Waals surface area contributed by atoms with E-state index in [1.165, 1.54) is 0 Å². The molecule has 0 unspecified atom stereocenters. The number of benzene rings is 1. The molecule has 1 aromatic rings. The molecule has 0 aliphatic rings. The molecule has 0 aliphatic heterocycles. The SMILES string of the molecule is Cc1ccccc1[B]O. The van der Waals surface area contributed by atoms with Gasteiger partial charge in [0.25, 0.3) is 0 Å². The smallest absolute Gasteiger partial charge is 0.327 e. The highest BCUT2D eigenvalue weighted by Crippen LogP contribution is 1.90. The van der Waals surface area contributed by atoms with Crippen molar-refractivity contribution < 1.29 is 5.02 Å². The summed E-state index contributed by atoms with van der Waals surface area (Å²) in [5, 5.41) is 8.59. The lowest BCUT2D eigenvalue weighted by atomic mass is 9.85. The molecule has 0 saturated carbocycles. The van der Waals surface area contributed by atoms with E-state index < -0.39 is 0 Å². The van der Waals surface area contributed by atoms with Crippen LogP contribution in [0.3, 0.4) is 0 Å². The maximum Gasteiger partial charge on any atom is 0.327 e. The molecule has 0 amide bonds. The van der Waals surface area contributed by atoms with Crippen molar-refractivity contribution in [3.63, 3.8) is 0 Å². The van der Waals surface area contributed by atoms with Crippen LogP contribution in [0.1, 0.15) is 5.56 Å². The predicted molar refractivity (Wildman–Crippen MR) is 38.8 cm³/mol. The van der Waals surface area contributed by atoms with Crippen LogP contribution < -0.4 is 5.46 Å². The zero-order valence-corrected chi connectivity index (χ0v) is 5.33. The summed E-state index contributed by atoms with van der Waals surface area (Å²) in [7, 11) is 1.12. The summed E-state index contributed by atoms with van der Waals surface area (Å²) in [4.78, 5) is 0. The van der Waals surface area contributed by atoms with E-state index in [-0.39, 0.29) is 0 Å². The summed E-state index contributed by atoms with van der Waals surface area (Å²) in [6.07, 6.45) is 0. The maximum atomic E-state index is 8.59. The summed E-state index contributed by atoms with van der Waals surface area (Å²) >= 11 is 0. The van der Waals surface area contributed by atoms with Gasteiger partial charge in [-0.05, 0) is 6.92 Å². The quantitative estimate of drug-likeness (QED) is 0.524. The molecular weight excluding hydrogens is 111 g/mol.